The van der Waals surface area contributed by atoms with Gasteiger partial charge in [0.05, 0.1) is 12.1 Å². The van der Waals surface area contributed by atoms with Gasteiger partial charge >= 0.3 is 5.97 Å². The van der Waals surface area contributed by atoms with Crippen LogP contribution in [0, 0.1) is 6.92 Å². The zero-order valence-electron chi connectivity index (χ0n) is 10.0. The number of ether oxygens (including phenoxy) is 1. The lowest BCUT2D eigenvalue weighted by Gasteiger charge is -2.07. The van der Waals surface area contributed by atoms with E-state index in [1.807, 2.05) is 0 Å². The van der Waals surface area contributed by atoms with Crippen LogP contribution in [0.5, 0.6) is 0 Å². The summed E-state index contributed by atoms with van der Waals surface area (Å²) >= 11 is 3.34. The average molecular weight is 310 g/mol. The zero-order valence-corrected chi connectivity index (χ0v) is 11.6. The molecule has 0 aliphatic carbocycles. The summed E-state index contributed by atoms with van der Waals surface area (Å²) in [5, 5.41) is 0.479. The molecule has 0 saturated carbocycles. The second-order valence-corrected chi connectivity index (χ2v) is 4.78. The summed E-state index contributed by atoms with van der Waals surface area (Å²) in [5.74, 6) is -0.582. The number of esters is 1. The monoisotopic (exact) mass is 309 g/mol. The van der Waals surface area contributed by atoms with Gasteiger partial charge in [-0.15, -0.1) is 0 Å². The van der Waals surface area contributed by atoms with Crippen molar-refractivity contribution in [3.63, 3.8) is 0 Å². The Bertz CT molecular complexity index is 676. The van der Waals surface area contributed by atoms with E-state index >= 15 is 0 Å². The molecule has 0 amide bonds. The number of carbonyl (C=O) groups excluding carboxylic acids is 1. The summed E-state index contributed by atoms with van der Waals surface area (Å²) in [6, 6.07) is 5.25. The first kappa shape index (κ1) is 12.8. The molecule has 0 unspecified atom stereocenters. The number of hydrogen-bond donors (Lipinski definition) is 1. The number of hydrogen-bond acceptors (Lipinski definition) is 3. The van der Waals surface area contributed by atoms with Crippen LogP contribution in [0.1, 0.15) is 23.0 Å². The van der Waals surface area contributed by atoms with Crippen molar-refractivity contribution in [1.29, 1.82) is 0 Å². The second-order valence-electron chi connectivity index (χ2n) is 3.86. The smallest absolute Gasteiger partial charge is 0.343 e. The summed E-state index contributed by atoms with van der Waals surface area (Å²) in [4.78, 5) is 27.0. The number of carbonyl (C=O) groups is 1. The molecule has 1 N–H and O–H groups in total. The van der Waals surface area contributed by atoms with Gasteiger partial charge in [0.1, 0.15) is 5.56 Å². The van der Waals surface area contributed by atoms with Gasteiger partial charge in [0, 0.05) is 15.6 Å². The number of aromatic amines is 1. The predicted molar refractivity (Wildman–Crippen MR) is 73.0 cm³/mol. The molecular formula is C13H12BrNO3. The van der Waals surface area contributed by atoms with E-state index in [9.17, 15) is 9.59 Å². The van der Waals surface area contributed by atoms with E-state index in [1.165, 1.54) is 0 Å². The Kier molecular flexibility index (Phi) is 3.52. The van der Waals surface area contributed by atoms with Gasteiger partial charge in [-0.1, -0.05) is 15.9 Å². The normalized spacial score (nSPS) is 10.6. The number of benzene rings is 1. The number of rotatable bonds is 2. The van der Waals surface area contributed by atoms with E-state index < -0.39 is 5.97 Å². The van der Waals surface area contributed by atoms with Crippen molar-refractivity contribution < 1.29 is 9.53 Å². The molecule has 18 heavy (non-hydrogen) atoms. The molecule has 1 aromatic heterocycles. The molecule has 0 aliphatic heterocycles. The quantitative estimate of drug-likeness (QED) is 0.868. The van der Waals surface area contributed by atoms with Gasteiger partial charge in [0.15, 0.2) is 0 Å². The Morgan fingerprint density at radius 3 is 2.83 bits per heavy atom. The molecule has 94 valence electrons. The van der Waals surface area contributed by atoms with E-state index in [4.69, 9.17) is 4.74 Å². The van der Waals surface area contributed by atoms with Gasteiger partial charge in [0.25, 0.3) is 0 Å². The fourth-order valence-corrected chi connectivity index (χ4v) is 2.20. The van der Waals surface area contributed by atoms with Crippen LogP contribution in [-0.4, -0.2) is 17.6 Å². The van der Waals surface area contributed by atoms with Crippen LogP contribution in [0.15, 0.2) is 27.5 Å². The van der Waals surface area contributed by atoms with Crippen molar-refractivity contribution in [2.75, 3.05) is 6.61 Å². The fraction of sp³-hybridized carbons (Fsp3) is 0.231. The standard InChI is InChI=1S/C13H12BrNO3/c1-3-18-13(17)11-7(2)15-10-6-8(14)4-5-9(10)12(11)16/h4-6H,3H2,1-2H3,(H,15,16). The van der Waals surface area contributed by atoms with Crippen LogP contribution in [-0.2, 0) is 4.74 Å². The highest BCUT2D eigenvalue weighted by Gasteiger charge is 2.17. The molecule has 0 fully saturated rings. The Labute approximate surface area is 112 Å². The average Bonchev–Trinajstić information content (AvgIpc) is 2.28. The highest BCUT2D eigenvalue weighted by atomic mass is 79.9. The number of nitrogens with one attached hydrogen (secondary N) is 1. The second kappa shape index (κ2) is 4.94. The summed E-state index contributed by atoms with van der Waals surface area (Å²) in [6.07, 6.45) is 0. The topological polar surface area (TPSA) is 59.2 Å². The summed E-state index contributed by atoms with van der Waals surface area (Å²) in [7, 11) is 0. The number of H-pyrrole nitrogens is 1. The van der Waals surface area contributed by atoms with E-state index in [0.29, 0.717) is 16.6 Å². The Morgan fingerprint density at radius 2 is 2.17 bits per heavy atom. The number of pyridine rings is 1. The minimum atomic E-state index is -0.582. The van der Waals surface area contributed by atoms with Gasteiger partial charge in [-0.2, -0.15) is 0 Å². The molecule has 4 nitrogen and oxygen atoms in total. The highest BCUT2D eigenvalue weighted by Crippen LogP contribution is 2.17. The number of fused-ring (bicyclic) bond motifs is 1. The van der Waals surface area contributed by atoms with E-state index in [1.54, 1.807) is 32.0 Å². The van der Waals surface area contributed by atoms with Gasteiger partial charge in [-0.3, -0.25) is 4.79 Å². The Hall–Kier alpha value is -1.62. The molecular weight excluding hydrogens is 298 g/mol. The van der Waals surface area contributed by atoms with Crippen LogP contribution in [0.3, 0.4) is 0 Å². The Balaban J connectivity index is 2.73. The summed E-state index contributed by atoms with van der Waals surface area (Å²) < 4.78 is 5.76. The van der Waals surface area contributed by atoms with Crippen LogP contribution < -0.4 is 5.43 Å². The van der Waals surface area contributed by atoms with Crippen LogP contribution in [0.25, 0.3) is 10.9 Å². The lowest BCUT2D eigenvalue weighted by molar-refractivity contribution is 0.0524. The Morgan fingerprint density at radius 1 is 1.44 bits per heavy atom. The van der Waals surface area contributed by atoms with Crippen molar-refractivity contribution in [2.24, 2.45) is 0 Å². The SMILES string of the molecule is CCOC(=O)c1c(C)[nH]c2cc(Br)ccc2c1=O. The third-order valence-corrected chi connectivity index (χ3v) is 3.12. The lowest BCUT2D eigenvalue weighted by atomic mass is 10.1. The number of halogens is 1. The fourth-order valence-electron chi connectivity index (χ4n) is 1.84. The lowest BCUT2D eigenvalue weighted by Crippen LogP contribution is -2.20. The molecule has 2 aromatic rings. The molecule has 1 aromatic carbocycles. The largest absolute Gasteiger partial charge is 0.462 e. The third-order valence-electron chi connectivity index (χ3n) is 2.63. The minimum Gasteiger partial charge on any atom is -0.462 e. The van der Waals surface area contributed by atoms with Gasteiger partial charge < -0.3 is 9.72 Å². The van der Waals surface area contributed by atoms with Crippen molar-refractivity contribution >= 4 is 32.8 Å². The maximum Gasteiger partial charge on any atom is 0.343 e. The highest BCUT2D eigenvalue weighted by molar-refractivity contribution is 9.10. The number of aryl methyl sites for hydroxylation is 1. The third kappa shape index (κ3) is 2.18. The first-order chi connectivity index (χ1) is 8.54. The van der Waals surface area contributed by atoms with Gasteiger partial charge in [-0.25, -0.2) is 4.79 Å². The predicted octanol–water partition coefficient (Wildman–Crippen LogP) is 2.78. The van der Waals surface area contributed by atoms with E-state index in [2.05, 4.69) is 20.9 Å². The molecule has 0 spiro atoms. The van der Waals surface area contributed by atoms with E-state index in [0.717, 1.165) is 4.47 Å². The maximum atomic E-state index is 12.2. The number of aromatic nitrogens is 1. The van der Waals surface area contributed by atoms with Crippen LogP contribution in [0.4, 0.5) is 0 Å². The summed E-state index contributed by atoms with van der Waals surface area (Å²) in [5.41, 5.74) is 0.989. The van der Waals surface area contributed by atoms with E-state index in [-0.39, 0.29) is 17.6 Å². The minimum absolute atomic E-state index is 0.0756. The molecule has 0 aliphatic rings. The molecule has 0 saturated heterocycles. The summed E-state index contributed by atoms with van der Waals surface area (Å²) in [6.45, 7) is 3.64. The van der Waals surface area contributed by atoms with Crippen molar-refractivity contribution in [2.45, 2.75) is 13.8 Å². The molecule has 0 radical (unpaired) electrons. The molecule has 2 rings (SSSR count). The first-order valence-electron chi connectivity index (χ1n) is 5.54. The molecule has 0 atom stereocenters. The van der Waals surface area contributed by atoms with Gasteiger partial charge in [0.2, 0.25) is 5.43 Å². The van der Waals surface area contributed by atoms with Gasteiger partial charge in [-0.05, 0) is 32.0 Å². The van der Waals surface area contributed by atoms with Crippen molar-refractivity contribution in [1.82, 2.24) is 4.98 Å². The van der Waals surface area contributed by atoms with Crippen molar-refractivity contribution in [3.05, 3.63) is 44.2 Å². The molecule has 1 heterocycles. The molecule has 5 heteroatoms. The zero-order chi connectivity index (χ0) is 13.3. The van der Waals surface area contributed by atoms with Crippen LogP contribution in [0.2, 0.25) is 0 Å². The first-order valence-corrected chi connectivity index (χ1v) is 6.33. The maximum absolute atomic E-state index is 12.2. The molecule has 0 bridgehead atoms. The van der Waals surface area contributed by atoms with Crippen LogP contribution >= 0.6 is 15.9 Å². The van der Waals surface area contributed by atoms with Crippen molar-refractivity contribution in [3.8, 4) is 0 Å².